The van der Waals surface area contributed by atoms with Crippen LogP contribution in [-0.4, -0.2) is 41.8 Å². The summed E-state index contributed by atoms with van der Waals surface area (Å²) in [5, 5.41) is 12.8. The van der Waals surface area contributed by atoms with E-state index in [1.807, 2.05) is 20.8 Å². The van der Waals surface area contributed by atoms with Crippen LogP contribution in [0.25, 0.3) is 0 Å². The molecule has 0 aliphatic carbocycles. The minimum absolute atomic E-state index is 0.0289. The summed E-state index contributed by atoms with van der Waals surface area (Å²) >= 11 is 0. The van der Waals surface area contributed by atoms with Crippen molar-refractivity contribution in [1.29, 1.82) is 0 Å². The summed E-state index contributed by atoms with van der Waals surface area (Å²) in [6, 6.07) is 0.246. The SMILES string of the molecule is CC1NC[C@H](O)C2OC(C)(C)OC12. The molecule has 2 heterocycles. The molecule has 2 N–H and O–H groups in total. The van der Waals surface area contributed by atoms with Gasteiger partial charge >= 0.3 is 0 Å². The predicted octanol–water partition coefficient (Wildman–Crippen LogP) is -0.141. The molecule has 0 amide bonds. The van der Waals surface area contributed by atoms with Crippen molar-refractivity contribution >= 4 is 0 Å². The van der Waals surface area contributed by atoms with Crippen molar-refractivity contribution < 1.29 is 14.6 Å². The molecule has 0 aromatic heterocycles. The van der Waals surface area contributed by atoms with Gasteiger partial charge in [-0.2, -0.15) is 0 Å². The number of ether oxygens (including phenoxy) is 2. The molecule has 2 aliphatic rings. The van der Waals surface area contributed by atoms with Crippen molar-refractivity contribution in [1.82, 2.24) is 5.32 Å². The first-order chi connectivity index (χ1) is 5.99. The van der Waals surface area contributed by atoms with Crippen LogP contribution in [0.15, 0.2) is 0 Å². The molecule has 76 valence electrons. The van der Waals surface area contributed by atoms with E-state index in [4.69, 9.17) is 9.47 Å². The first kappa shape index (κ1) is 9.40. The summed E-state index contributed by atoms with van der Waals surface area (Å²) in [6.45, 7) is 6.39. The number of nitrogens with one attached hydrogen (secondary N) is 1. The largest absolute Gasteiger partial charge is 0.389 e. The lowest BCUT2D eigenvalue weighted by Gasteiger charge is -2.33. The van der Waals surface area contributed by atoms with E-state index >= 15 is 0 Å². The fraction of sp³-hybridized carbons (Fsp3) is 1.00. The zero-order chi connectivity index (χ0) is 9.64. The minimum atomic E-state index is -0.559. The maximum absolute atomic E-state index is 9.66. The molecule has 0 bridgehead atoms. The maximum atomic E-state index is 9.66. The van der Waals surface area contributed by atoms with E-state index in [-0.39, 0.29) is 18.2 Å². The minimum Gasteiger partial charge on any atom is -0.389 e. The molecule has 0 radical (unpaired) electrons. The van der Waals surface area contributed by atoms with Gasteiger partial charge in [0.25, 0.3) is 0 Å². The van der Waals surface area contributed by atoms with Crippen LogP contribution in [0, 0.1) is 0 Å². The van der Waals surface area contributed by atoms with Gasteiger partial charge in [0.15, 0.2) is 5.79 Å². The standard InChI is InChI=1S/C9H17NO3/c1-5-7-8(6(11)4-10-5)13-9(2,3)12-7/h5-8,10-11H,4H2,1-3H3/t5?,6-,7?,8?/m0/s1. The van der Waals surface area contributed by atoms with Gasteiger partial charge in [0.2, 0.25) is 0 Å². The molecule has 0 spiro atoms. The zero-order valence-corrected chi connectivity index (χ0v) is 8.28. The summed E-state index contributed by atoms with van der Waals surface area (Å²) in [5.41, 5.74) is 0. The van der Waals surface area contributed by atoms with Crippen LogP contribution in [0.3, 0.4) is 0 Å². The number of piperidine rings is 1. The molecule has 3 unspecified atom stereocenters. The Hall–Kier alpha value is -0.160. The number of hydrogen-bond donors (Lipinski definition) is 2. The molecule has 13 heavy (non-hydrogen) atoms. The highest BCUT2D eigenvalue weighted by atomic mass is 16.8. The molecule has 4 atom stereocenters. The Bertz CT molecular complexity index is 187. The van der Waals surface area contributed by atoms with Crippen molar-refractivity contribution in [3.05, 3.63) is 0 Å². The average molecular weight is 187 g/mol. The van der Waals surface area contributed by atoms with Gasteiger partial charge in [-0.25, -0.2) is 0 Å². The molecule has 0 aromatic rings. The second-order valence-corrected chi connectivity index (χ2v) is 4.33. The van der Waals surface area contributed by atoms with Gasteiger partial charge in [0, 0.05) is 12.6 Å². The van der Waals surface area contributed by atoms with E-state index in [2.05, 4.69) is 5.32 Å². The van der Waals surface area contributed by atoms with E-state index in [0.29, 0.717) is 6.54 Å². The van der Waals surface area contributed by atoms with Gasteiger partial charge in [0.1, 0.15) is 12.2 Å². The van der Waals surface area contributed by atoms with Gasteiger partial charge in [0.05, 0.1) is 6.10 Å². The van der Waals surface area contributed by atoms with Gasteiger partial charge in [-0.15, -0.1) is 0 Å². The smallest absolute Gasteiger partial charge is 0.163 e. The fourth-order valence-corrected chi connectivity index (χ4v) is 2.04. The Kier molecular flexibility index (Phi) is 2.11. The number of hydrogen-bond acceptors (Lipinski definition) is 4. The maximum Gasteiger partial charge on any atom is 0.163 e. The van der Waals surface area contributed by atoms with Crippen molar-refractivity contribution in [3.8, 4) is 0 Å². The molecule has 2 aliphatic heterocycles. The Labute approximate surface area is 78.2 Å². The second kappa shape index (κ2) is 2.92. The summed E-state index contributed by atoms with van der Waals surface area (Å²) in [4.78, 5) is 0. The highest BCUT2D eigenvalue weighted by Crippen LogP contribution is 2.33. The van der Waals surface area contributed by atoms with Gasteiger partial charge < -0.3 is 19.9 Å². The number of aliphatic hydroxyl groups excluding tert-OH is 1. The average Bonchev–Trinajstić information content (AvgIpc) is 2.35. The summed E-state index contributed by atoms with van der Waals surface area (Å²) in [6.07, 6.45) is -0.659. The van der Waals surface area contributed by atoms with Crippen molar-refractivity contribution in [3.63, 3.8) is 0 Å². The Morgan fingerprint density at radius 1 is 1.31 bits per heavy atom. The van der Waals surface area contributed by atoms with Gasteiger partial charge in [-0.1, -0.05) is 0 Å². The molecular weight excluding hydrogens is 170 g/mol. The predicted molar refractivity (Wildman–Crippen MR) is 47.3 cm³/mol. The molecule has 0 saturated carbocycles. The lowest BCUT2D eigenvalue weighted by atomic mass is 9.98. The molecule has 0 aromatic carbocycles. The van der Waals surface area contributed by atoms with E-state index in [9.17, 15) is 5.11 Å². The summed E-state index contributed by atoms with van der Waals surface area (Å²) in [7, 11) is 0. The normalized spacial score (nSPS) is 48.9. The molecular formula is C9H17NO3. The van der Waals surface area contributed by atoms with Crippen LogP contribution in [0.5, 0.6) is 0 Å². The van der Waals surface area contributed by atoms with E-state index in [1.165, 1.54) is 0 Å². The van der Waals surface area contributed by atoms with Crippen LogP contribution in [0.2, 0.25) is 0 Å². The van der Waals surface area contributed by atoms with Crippen LogP contribution in [-0.2, 0) is 9.47 Å². The summed E-state index contributed by atoms with van der Waals surface area (Å²) < 4.78 is 11.3. The number of rotatable bonds is 0. The molecule has 4 nitrogen and oxygen atoms in total. The van der Waals surface area contributed by atoms with Crippen LogP contribution < -0.4 is 5.32 Å². The Morgan fingerprint density at radius 2 is 1.92 bits per heavy atom. The van der Waals surface area contributed by atoms with Crippen molar-refractivity contribution in [2.75, 3.05) is 6.54 Å². The highest BCUT2D eigenvalue weighted by molar-refractivity contribution is 4.96. The first-order valence-electron chi connectivity index (χ1n) is 4.77. The zero-order valence-electron chi connectivity index (χ0n) is 8.28. The Morgan fingerprint density at radius 3 is 2.54 bits per heavy atom. The molecule has 2 fully saturated rings. The number of β-amino-alcohol motifs (C(OH)–C–C–N with tert-alkyl or cyclic N) is 1. The van der Waals surface area contributed by atoms with Crippen molar-refractivity contribution in [2.24, 2.45) is 0 Å². The quantitative estimate of drug-likeness (QED) is 0.554. The van der Waals surface area contributed by atoms with E-state index in [0.717, 1.165) is 0 Å². The highest BCUT2D eigenvalue weighted by Gasteiger charge is 2.49. The third-order valence-electron chi connectivity index (χ3n) is 2.68. The lowest BCUT2D eigenvalue weighted by Crippen LogP contribution is -2.57. The molecule has 4 heteroatoms. The third-order valence-corrected chi connectivity index (χ3v) is 2.68. The summed E-state index contributed by atoms with van der Waals surface area (Å²) in [5.74, 6) is -0.559. The number of fused-ring (bicyclic) bond motifs is 1. The first-order valence-corrected chi connectivity index (χ1v) is 4.77. The monoisotopic (exact) mass is 187 g/mol. The lowest BCUT2D eigenvalue weighted by molar-refractivity contribution is -0.153. The van der Waals surface area contributed by atoms with Gasteiger partial charge in [-0.05, 0) is 20.8 Å². The third kappa shape index (κ3) is 1.59. The van der Waals surface area contributed by atoms with Crippen molar-refractivity contribution in [2.45, 2.75) is 50.9 Å². The van der Waals surface area contributed by atoms with Crippen LogP contribution >= 0.6 is 0 Å². The van der Waals surface area contributed by atoms with Gasteiger partial charge in [-0.3, -0.25) is 0 Å². The fourth-order valence-electron chi connectivity index (χ4n) is 2.04. The topological polar surface area (TPSA) is 50.7 Å². The van der Waals surface area contributed by atoms with E-state index in [1.54, 1.807) is 0 Å². The molecule has 2 saturated heterocycles. The van der Waals surface area contributed by atoms with Crippen LogP contribution in [0.4, 0.5) is 0 Å². The molecule has 2 rings (SSSR count). The van der Waals surface area contributed by atoms with Crippen LogP contribution in [0.1, 0.15) is 20.8 Å². The number of aliphatic hydroxyl groups is 1. The van der Waals surface area contributed by atoms with E-state index < -0.39 is 11.9 Å². The Balaban J connectivity index is 2.14. The second-order valence-electron chi connectivity index (χ2n) is 4.33.